The van der Waals surface area contributed by atoms with Crippen molar-refractivity contribution in [3.05, 3.63) is 0 Å². The van der Waals surface area contributed by atoms with Gasteiger partial charge in [-0.2, -0.15) is 48.3 Å². The standard InChI is InChI=1S/C6BrF11O2/c7-1(19)2(8,4(11,12)13)20-6(17,18)3(9,10)5(14,15)16/t2-/m1/s1. The van der Waals surface area contributed by atoms with Gasteiger partial charge in [0.25, 0.3) is 4.69 Å². The molecule has 0 rings (SSSR count). The van der Waals surface area contributed by atoms with E-state index in [9.17, 15) is 53.1 Å². The van der Waals surface area contributed by atoms with Crippen molar-refractivity contribution >= 4 is 20.6 Å². The van der Waals surface area contributed by atoms with Gasteiger partial charge in [0, 0.05) is 0 Å². The fourth-order valence-electron chi connectivity index (χ4n) is 0.615. The molecule has 0 aromatic rings. The summed E-state index contributed by atoms with van der Waals surface area (Å²) < 4.78 is 132. The van der Waals surface area contributed by atoms with Crippen LogP contribution in [-0.4, -0.2) is 34.9 Å². The van der Waals surface area contributed by atoms with Gasteiger partial charge in [0.05, 0.1) is 0 Å². The quantitative estimate of drug-likeness (QED) is 0.535. The SMILES string of the molecule is O=C(Br)[C@@](F)(OC(F)(F)C(F)(F)C(F)(F)F)C(F)(F)F. The molecule has 1 atom stereocenters. The van der Waals surface area contributed by atoms with Crippen molar-refractivity contribution in [3.8, 4) is 0 Å². The molecule has 0 aromatic heterocycles. The summed E-state index contributed by atoms with van der Waals surface area (Å²) in [5.74, 6) is -13.3. The van der Waals surface area contributed by atoms with E-state index in [4.69, 9.17) is 0 Å². The van der Waals surface area contributed by atoms with Crippen molar-refractivity contribution in [3.63, 3.8) is 0 Å². The largest absolute Gasteiger partial charge is 0.462 e. The van der Waals surface area contributed by atoms with Gasteiger partial charge in [0.15, 0.2) is 0 Å². The molecule has 0 spiro atoms. The molecule has 0 fully saturated rings. The summed E-state index contributed by atoms with van der Waals surface area (Å²) in [6, 6.07) is 0. The maximum atomic E-state index is 12.9. The van der Waals surface area contributed by atoms with Crippen LogP contribution < -0.4 is 0 Å². The number of hydrogen-bond donors (Lipinski definition) is 0. The van der Waals surface area contributed by atoms with E-state index in [0.29, 0.717) is 0 Å². The number of ether oxygens (including phenoxy) is 1. The molecule has 14 heteroatoms. The van der Waals surface area contributed by atoms with E-state index < -0.39 is 34.9 Å². The third kappa shape index (κ3) is 3.15. The van der Waals surface area contributed by atoms with E-state index in [-0.39, 0.29) is 0 Å². The lowest BCUT2D eigenvalue weighted by Crippen LogP contribution is -2.60. The molecule has 0 aliphatic heterocycles. The van der Waals surface area contributed by atoms with E-state index in [1.807, 2.05) is 4.74 Å². The fraction of sp³-hybridized carbons (Fsp3) is 0.833. The highest BCUT2D eigenvalue weighted by Gasteiger charge is 2.79. The smallest absolute Gasteiger partial charge is 0.280 e. The molecule has 2 nitrogen and oxygen atoms in total. The molecule has 20 heavy (non-hydrogen) atoms. The Labute approximate surface area is 110 Å². The molecule has 0 heterocycles. The van der Waals surface area contributed by atoms with Gasteiger partial charge in [0.1, 0.15) is 0 Å². The highest BCUT2D eigenvalue weighted by atomic mass is 79.9. The fourth-order valence-corrected chi connectivity index (χ4v) is 0.921. The maximum absolute atomic E-state index is 12.9. The van der Waals surface area contributed by atoms with E-state index in [2.05, 4.69) is 0 Å². The van der Waals surface area contributed by atoms with Crippen LogP contribution in [0.3, 0.4) is 0 Å². The number of carbonyl (C=O) groups excluding carboxylic acids is 1. The minimum Gasteiger partial charge on any atom is -0.280 e. The maximum Gasteiger partial charge on any atom is 0.462 e. The van der Waals surface area contributed by atoms with Gasteiger partial charge in [-0.1, -0.05) is 0 Å². The summed E-state index contributed by atoms with van der Waals surface area (Å²) in [5, 5.41) is 0. The Morgan fingerprint density at radius 3 is 1.30 bits per heavy atom. The lowest BCUT2D eigenvalue weighted by Gasteiger charge is -2.33. The normalized spacial score (nSPS) is 17.8. The molecule has 0 bridgehead atoms. The van der Waals surface area contributed by atoms with E-state index in [1.165, 1.54) is 15.9 Å². The topological polar surface area (TPSA) is 26.3 Å². The molecule has 0 aromatic carbocycles. The van der Waals surface area contributed by atoms with E-state index >= 15 is 0 Å². The Morgan fingerprint density at radius 2 is 1.10 bits per heavy atom. The second-order valence-electron chi connectivity index (χ2n) is 3.06. The Kier molecular flexibility index (Phi) is 4.80. The van der Waals surface area contributed by atoms with Crippen LogP contribution in [0.4, 0.5) is 48.3 Å². The van der Waals surface area contributed by atoms with E-state index in [1.54, 1.807) is 0 Å². The zero-order valence-corrected chi connectivity index (χ0v) is 9.94. The Morgan fingerprint density at radius 1 is 0.750 bits per heavy atom. The van der Waals surface area contributed by atoms with Crippen LogP contribution in [0.25, 0.3) is 0 Å². The molecule has 0 saturated carbocycles. The molecule has 0 N–H and O–H groups in total. The summed E-state index contributed by atoms with van der Waals surface area (Å²) in [6.07, 6.45) is -20.7. The minimum absolute atomic E-state index is 1.18. The lowest BCUT2D eigenvalue weighted by atomic mass is 10.2. The van der Waals surface area contributed by atoms with Gasteiger partial charge >= 0.3 is 30.2 Å². The average Bonchev–Trinajstić information content (AvgIpc) is 2.12. The first kappa shape index (κ1) is 19.3. The van der Waals surface area contributed by atoms with E-state index in [0.717, 1.165) is 0 Å². The van der Waals surface area contributed by atoms with Crippen LogP contribution in [0.1, 0.15) is 0 Å². The summed E-state index contributed by atoms with van der Waals surface area (Å²) in [6.45, 7) is 0. The van der Waals surface area contributed by atoms with Crippen LogP contribution in [-0.2, 0) is 9.53 Å². The van der Waals surface area contributed by atoms with Crippen LogP contribution in [0, 0.1) is 0 Å². The predicted molar refractivity (Wildman–Crippen MR) is 40.9 cm³/mol. The number of carbonyl (C=O) groups is 1. The molecule has 0 aliphatic carbocycles. The molecular formula is C6BrF11O2. The summed E-state index contributed by atoms with van der Waals surface area (Å²) >= 11 is 1.18. The van der Waals surface area contributed by atoms with Gasteiger partial charge in [-0.15, -0.1) is 0 Å². The van der Waals surface area contributed by atoms with Crippen LogP contribution in [0.15, 0.2) is 0 Å². The van der Waals surface area contributed by atoms with Gasteiger partial charge in [0.2, 0.25) is 0 Å². The number of halogens is 12. The van der Waals surface area contributed by atoms with Crippen LogP contribution >= 0.6 is 15.9 Å². The zero-order valence-electron chi connectivity index (χ0n) is 8.35. The Bertz CT molecular complexity index is 385. The van der Waals surface area contributed by atoms with Crippen molar-refractivity contribution in [2.24, 2.45) is 0 Å². The second kappa shape index (κ2) is 4.96. The van der Waals surface area contributed by atoms with Crippen molar-refractivity contribution in [2.45, 2.75) is 30.2 Å². The minimum atomic E-state index is -7.18. The molecule has 0 saturated heterocycles. The molecule has 0 amide bonds. The highest BCUT2D eigenvalue weighted by molar-refractivity contribution is 9.18. The van der Waals surface area contributed by atoms with Crippen LogP contribution in [0.2, 0.25) is 0 Å². The summed E-state index contributed by atoms with van der Waals surface area (Å²) in [7, 11) is 0. The van der Waals surface area contributed by atoms with Gasteiger partial charge in [-0.3, -0.25) is 9.53 Å². The Hall–Kier alpha value is -0.660. The zero-order chi connectivity index (χ0) is 16.8. The average molecular weight is 393 g/mol. The Balaban J connectivity index is 5.73. The van der Waals surface area contributed by atoms with Crippen molar-refractivity contribution in [1.82, 2.24) is 0 Å². The van der Waals surface area contributed by atoms with Crippen LogP contribution in [0.5, 0.6) is 0 Å². The predicted octanol–water partition coefficient (Wildman–Crippen LogP) is 3.94. The number of rotatable bonds is 4. The number of hydrogen-bond acceptors (Lipinski definition) is 2. The lowest BCUT2D eigenvalue weighted by molar-refractivity contribution is -0.471. The third-order valence-electron chi connectivity index (χ3n) is 1.61. The number of alkyl halides is 11. The molecular weight excluding hydrogens is 393 g/mol. The van der Waals surface area contributed by atoms with Gasteiger partial charge in [-0.05, 0) is 15.9 Å². The first-order chi connectivity index (χ1) is 8.40. The molecule has 0 unspecified atom stereocenters. The molecule has 0 radical (unpaired) electrons. The van der Waals surface area contributed by atoms with Crippen molar-refractivity contribution in [1.29, 1.82) is 0 Å². The van der Waals surface area contributed by atoms with Gasteiger partial charge in [-0.25, -0.2) is 0 Å². The monoisotopic (exact) mass is 392 g/mol. The third-order valence-corrected chi connectivity index (χ3v) is 2.12. The second-order valence-corrected chi connectivity index (χ2v) is 3.78. The molecule has 120 valence electrons. The van der Waals surface area contributed by atoms with Gasteiger partial charge < -0.3 is 0 Å². The molecule has 0 aliphatic rings. The first-order valence-electron chi connectivity index (χ1n) is 3.88. The van der Waals surface area contributed by atoms with Crippen molar-refractivity contribution in [2.75, 3.05) is 0 Å². The highest BCUT2D eigenvalue weighted by Crippen LogP contribution is 2.51. The first-order valence-corrected chi connectivity index (χ1v) is 4.67. The summed E-state index contributed by atoms with van der Waals surface area (Å²) in [5.41, 5.74) is 0. The summed E-state index contributed by atoms with van der Waals surface area (Å²) in [4.78, 5) is 10.2. The van der Waals surface area contributed by atoms with Crippen molar-refractivity contribution < 1.29 is 57.8 Å².